The van der Waals surface area contributed by atoms with Gasteiger partial charge in [0.2, 0.25) is 11.8 Å². The quantitative estimate of drug-likeness (QED) is 0.868. The molecule has 1 aromatic carbocycles. The van der Waals surface area contributed by atoms with E-state index in [0.717, 1.165) is 12.2 Å². The standard InChI is InChI=1S/C18H20N2O5/c1-22-13-5-7-14(8-6-13)25-18-15(4-2-9-19-18)20-16(21)12-17-23-10-3-11-24-17/h2,4-9,17H,3,10-12H2,1H3,(H,20,21). The minimum atomic E-state index is -0.503. The number of hydrogen-bond acceptors (Lipinski definition) is 6. The number of ether oxygens (including phenoxy) is 4. The second-order valence-electron chi connectivity index (χ2n) is 5.41. The first kappa shape index (κ1) is 17.2. The molecule has 0 saturated carbocycles. The van der Waals surface area contributed by atoms with E-state index < -0.39 is 6.29 Å². The molecule has 1 aliphatic heterocycles. The Balaban J connectivity index is 1.64. The van der Waals surface area contributed by atoms with Crippen LogP contribution in [-0.2, 0) is 14.3 Å². The van der Waals surface area contributed by atoms with Crippen molar-refractivity contribution in [1.29, 1.82) is 0 Å². The number of pyridine rings is 1. The number of amides is 1. The molecule has 1 aromatic heterocycles. The number of methoxy groups -OCH3 is 1. The number of rotatable bonds is 6. The molecule has 1 saturated heterocycles. The predicted molar refractivity (Wildman–Crippen MR) is 90.9 cm³/mol. The van der Waals surface area contributed by atoms with E-state index in [4.69, 9.17) is 18.9 Å². The summed E-state index contributed by atoms with van der Waals surface area (Å²) >= 11 is 0. The molecule has 7 nitrogen and oxygen atoms in total. The maximum absolute atomic E-state index is 12.2. The van der Waals surface area contributed by atoms with Crippen molar-refractivity contribution >= 4 is 11.6 Å². The van der Waals surface area contributed by atoms with Crippen molar-refractivity contribution in [2.24, 2.45) is 0 Å². The molecule has 1 amide bonds. The molecule has 2 aromatic rings. The van der Waals surface area contributed by atoms with Gasteiger partial charge in [-0.05, 0) is 42.8 Å². The van der Waals surface area contributed by atoms with E-state index in [9.17, 15) is 4.79 Å². The van der Waals surface area contributed by atoms with E-state index in [1.807, 2.05) is 0 Å². The number of carbonyl (C=O) groups is 1. The van der Waals surface area contributed by atoms with Crippen LogP contribution < -0.4 is 14.8 Å². The Morgan fingerprint density at radius 1 is 1.20 bits per heavy atom. The van der Waals surface area contributed by atoms with E-state index in [0.29, 0.717) is 30.5 Å². The van der Waals surface area contributed by atoms with Gasteiger partial charge >= 0.3 is 0 Å². The van der Waals surface area contributed by atoms with Crippen molar-refractivity contribution in [2.45, 2.75) is 19.1 Å². The lowest BCUT2D eigenvalue weighted by atomic mass is 10.3. The molecular weight excluding hydrogens is 324 g/mol. The first-order valence-electron chi connectivity index (χ1n) is 8.04. The van der Waals surface area contributed by atoms with Crippen LogP contribution in [0.1, 0.15) is 12.8 Å². The highest BCUT2D eigenvalue weighted by atomic mass is 16.7. The van der Waals surface area contributed by atoms with Gasteiger partial charge < -0.3 is 24.3 Å². The summed E-state index contributed by atoms with van der Waals surface area (Å²) in [7, 11) is 1.60. The monoisotopic (exact) mass is 344 g/mol. The van der Waals surface area contributed by atoms with Crippen molar-refractivity contribution in [3.63, 3.8) is 0 Å². The van der Waals surface area contributed by atoms with E-state index in [1.165, 1.54) is 0 Å². The fourth-order valence-electron chi connectivity index (χ4n) is 2.33. The topological polar surface area (TPSA) is 78.9 Å². The van der Waals surface area contributed by atoms with Gasteiger partial charge in [-0.3, -0.25) is 4.79 Å². The Bertz CT molecular complexity index is 699. The van der Waals surface area contributed by atoms with Gasteiger partial charge in [0.1, 0.15) is 17.2 Å². The number of benzene rings is 1. The summed E-state index contributed by atoms with van der Waals surface area (Å²) in [6.07, 6.45) is 2.07. The third-order valence-corrected chi connectivity index (χ3v) is 3.57. The van der Waals surface area contributed by atoms with Crippen LogP contribution in [0.4, 0.5) is 5.69 Å². The molecule has 0 atom stereocenters. The van der Waals surface area contributed by atoms with Gasteiger partial charge in [0.15, 0.2) is 6.29 Å². The Hall–Kier alpha value is -2.64. The number of hydrogen-bond donors (Lipinski definition) is 1. The van der Waals surface area contributed by atoms with Gasteiger partial charge in [0.05, 0.1) is 26.7 Å². The fraction of sp³-hybridized carbons (Fsp3) is 0.333. The Labute approximate surface area is 145 Å². The number of nitrogens with one attached hydrogen (secondary N) is 1. The van der Waals surface area contributed by atoms with Crippen LogP contribution >= 0.6 is 0 Å². The van der Waals surface area contributed by atoms with Crippen LogP contribution in [0.3, 0.4) is 0 Å². The summed E-state index contributed by atoms with van der Waals surface area (Å²) in [5.74, 6) is 1.41. The maximum Gasteiger partial charge on any atom is 0.243 e. The average molecular weight is 344 g/mol. The molecule has 0 bridgehead atoms. The zero-order valence-corrected chi connectivity index (χ0v) is 13.9. The second-order valence-corrected chi connectivity index (χ2v) is 5.41. The van der Waals surface area contributed by atoms with Crippen molar-refractivity contribution in [3.8, 4) is 17.4 Å². The maximum atomic E-state index is 12.2. The molecule has 1 N–H and O–H groups in total. The minimum Gasteiger partial charge on any atom is -0.497 e. The van der Waals surface area contributed by atoms with Crippen LogP contribution in [0, 0.1) is 0 Å². The van der Waals surface area contributed by atoms with Crippen LogP contribution in [0.2, 0.25) is 0 Å². The lowest BCUT2D eigenvalue weighted by Gasteiger charge is -2.22. The van der Waals surface area contributed by atoms with Gasteiger partial charge in [0.25, 0.3) is 0 Å². The molecule has 0 aliphatic carbocycles. The fourth-order valence-corrected chi connectivity index (χ4v) is 2.33. The molecule has 0 radical (unpaired) electrons. The first-order valence-corrected chi connectivity index (χ1v) is 8.04. The molecule has 1 fully saturated rings. The van der Waals surface area contributed by atoms with Crippen LogP contribution in [0.15, 0.2) is 42.6 Å². The summed E-state index contributed by atoms with van der Waals surface area (Å²) in [4.78, 5) is 16.4. The summed E-state index contributed by atoms with van der Waals surface area (Å²) < 4.78 is 21.7. The Kier molecular flexibility index (Phi) is 5.81. The van der Waals surface area contributed by atoms with Crippen LogP contribution in [0.5, 0.6) is 17.4 Å². The average Bonchev–Trinajstić information content (AvgIpc) is 2.65. The van der Waals surface area contributed by atoms with Crippen molar-refractivity contribution in [1.82, 2.24) is 4.98 Å². The number of anilines is 1. The van der Waals surface area contributed by atoms with Crippen molar-refractivity contribution in [2.75, 3.05) is 25.6 Å². The Morgan fingerprint density at radius 3 is 2.64 bits per heavy atom. The van der Waals surface area contributed by atoms with Crippen molar-refractivity contribution < 1.29 is 23.7 Å². The van der Waals surface area contributed by atoms with Gasteiger partial charge in [-0.1, -0.05) is 0 Å². The van der Waals surface area contributed by atoms with Gasteiger partial charge in [-0.2, -0.15) is 0 Å². The SMILES string of the molecule is COc1ccc(Oc2ncccc2NC(=O)CC2OCCCO2)cc1. The number of aromatic nitrogens is 1. The normalized spacial score (nSPS) is 14.8. The molecule has 25 heavy (non-hydrogen) atoms. The molecule has 0 spiro atoms. The van der Waals surface area contributed by atoms with E-state index in [-0.39, 0.29) is 12.3 Å². The third kappa shape index (κ3) is 4.91. The summed E-state index contributed by atoms with van der Waals surface area (Å²) in [5, 5.41) is 2.79. The van der Waals surface area contributed by atoms with E-state index in [2.05, 4.69) is 10.3 Å². The highest BCUT2D eigenvalue weighted by Gasteiger charge is 2.19. The highest BCUT2D eigenvalue weighted by Crippen LogP contribution is 2.28. The van der Waals surface area contributed by atoms with Gasteiger partial charge in [-0.15, -0.1) is 0 Å². The van der Waals surface area contributed by atoms with Gasteiger partial charge in [-0.25, -0.2) is 4.98 Å². The van der Waals surface area contributed by atoms with Crippen molar-refractivity contribution in [3.05, 3.63) is 42.6 Å². The third-order valence-electron chi connectivity index (χ3n) is 3.57. The zero-order chi connectivity index (χ0) is 17.5. The van der Waals surface area contributed by atoms with Crippen LogP contribution in [0.25, 0.3) is 0 Å². The number of carbonyl (C=O) groups excluding carboxylic acids is 1. The molecule has 2 heterocycles. The second kappa shape index (κ2) is 8.46. The summed E-state index contributed by atoms with van der Waals surface area (Å²) in [6.45, 7) is 1.22. The van der Waals surface area contributed by atoms with Gasteiger partial charge in [0, 0.05) is 6.20 Å². The molecule has 7 heteroatoms. The van der Waals surface area contributed by atoms with E-state index >= 15 is 0 Å². The number of nitrogens with zero attached hydrogens (tertiary/aromatic N) is 1. The summed E-state index contributed by atoms with van der Waals surface area (Å²) in [5.41, 5.74) is 0.485. The molecule has 3 rings (SSSR count). The summed E-state index contributed by atoms with van der Waals surface area (Å²) in [6, 6.07) is 10.6. The minimum absolute atomic E-state index is 0.122. The predicted octanol–water partition coefficient (Wildman–Crippen LogP) is 2.97. The Morgan fingerprint density at radius 2 is 1.92 bits per heavy atom. The lowest BCUT2D eigenvalue weighted by molar-refractivity contribution is -0.182. The molecular formula is C18H20N2O5. The molecule has 0 unspecified atom stereocenters. The largest absolute Gasteiger partial charge is 0.497 e. The highest BCUT2D eigenvalue weighted by molar-refractivity contribution is 5.92. The molecule has 1 aliphatic rings. The first-order chi connectivity index (χ1) is 12.2. The van der Waals surface area contributed by atoms with E-state index in [1.54, 1.807) is 49.7 Å². The zero-order valence-electron chi connectivity index (χ0n) is 13.9. The lowest BCUT2D eigenvalue weighted by Crippen LogP contribution is -2.29. The molecule has 132 valence electrons. The van der Waals surface area contributed by atoms with Crippen LogP contribution in [-0.4, -0.2) is 37.5 Å². The smallest absolute Gasteiger partial charge is 0.243 e.